The largest absolute Gasteiger partial charge is 0.308 e. The first-order chi connectivity index (χ1) is 15.1. The summed E-state index contributed by atoms with van der Waals surface area (Å²) in [6.07, 6.45) is 3.16. The molecule has 2 heterocycles. The van der Waals surface area contributed by atoms with E-state index in [-0.39, 0.29) is 17.2 Å². The number of thioether (sulfide) groups is 1. The van der Waals surface area contributed by atoms with Crippen molar-refractivity contribution in [3.63, 3.8) is 0 Å². The highest BCUT2D eigenvalue weighted by Gasteiger charge is 2.19. The first kappa shape index (κ1) is 20.6. The lowest BCUT2D eigenvalue weighted by molar-refractivity contribution is -0.116. The number of rotatable bonds is 7. The van der Waals surface area contributed by atoms with Crippen LogP contribution in [0.25, 0.3) is 16.7 Å². The molecule has 0 saturated heterocycles. The predicted octanol–water partition coefficient (Wildman–Crippen LogP) is 3.73. The van der Waals surface area contributed by atoms with Gasteiger partial charge < -0.3 is 4.90 Å². The maximum atomic E-state index is 13.2. The Labute approximate surface area is 183 Å². The van der Waals surface area contributed by atoms with Crippen molar-refractivity contribution in [2.75, 3.05) is 17.2 Å². The lowest BCUT2D eigenvalue weighted by Crippen LogP contribution is -2.33. The first-order valence-corrected chi connectivity index (χ1v) is 10.7. The van der Waals surface area contributed by atoms with E-state index in [4.69, 9.17) is 0 Å². The Morgan fingerprint density at radius 2 is 1.94 bits per heavy atom. The minimum Gasteiger partial charge on any atom is -0.308 e. The van der Waals surface area contributed by atoms with Gasteiger partial charge in [0, 0.05) is 12.2 Å². The third-order valence-corrected chi connectivity index (χ3v) is 5.74. The number of nitrogens with zero attached hydrogens (tertiary/aromatic N) is 4. The normalized spacial score (nSPS) is 10.9. The number of carbonyl (C=O) groups is 1. The number of nitrogens with one attached hydrogen (secondary N) is 1. The van der Waals surface area contributed by atoms with Crippen LogP contribution < -0.4 is 10.5 Å². The number of benzene rings is 2. The van der Waals surface area contributed by atoms with Crippen LogP contribution in [-0.2, 0) is 4.79 Å². The van der Waals surface area contributed by atoms with Crippen molar-refractivity contribution in [3.05, 3.63) is 89.4 Å². The second-order valence-electron chi connectivity index (χ2n) is 6.87. The molecular formula is C23H21N5O2S. The zero-order valence-electron chi connectivity index (χ0n) is 17.0. The van der Waals surface area contributed by atoms with Gasteiger partial charge in [0.25, 0.3) is 5.56 Å². The number of carbonyl (C=O) groups excluding carboxylic acids is 1. The topological polar surface area (TPSA) is 83.9 Å². The third-order valence-electron chi connectivity index (χ3n) is 4.81. The average molecular weight is 432 g/mol. The highest BCUT2D eigenvalue weighted by molar-refractivity contribution is 7.99. The Kier molecular flexibility index (Phi) is 5.99. The summed E-state index contributed by atoms with van der Waals surface area (Å²) >= 11 is 1.22. The summed E-state index contributed by atoms with van der Waals surface area (Å²) in [5.41, 5.74) is 2.62. The monoisotopic (exact) mass is 431 g/mol. The molecule has 0 aliphatic carbocycles. The fourth-order valence-electron chi connectivity index (χ4n) is 3.29. The number of hydrogen-bond acceptors (Lipinski definition) is 5. The van der Waals surface area contributed by atoms with Crippen LogP contribution in [0.15, 0.2) is 83.4 Å². The van der Waals surface area contributed by atoms with Crippen LogP contribution in [0.4, 0.5) is 5.69 Å². The molecule has 0 saturated carbocycles. The molecule has 0 bridgehead atoms. The molecule has 7 nitrogen and oxygen atoms in total. The van der Waals surface area contributed by atoms with E-state index in [9.17, 15) is 9.59 Å². The molecule has 4 aromatic rings. The number of aromatic amines is 1. The molecule has 0 unspecified atom stereocenters. The lowest BCUT2D eigenvalue weighted by atomic mass is 10.2. The van der Waals surface area contributed by atoms with Gasteiger partial charge in [0.05, 0.1) is 17.6 Å². The second-order valence-corrected chi connectivity index (χ2v) is 7.81. The van der Waals surface area contributed by atoms with Crippen molar-refractivity contribution in [3.8, 4) is 5.69 Å². The Hall–Kier alpha value is -3.65. The first-order valence-electron chi connectivity index (χ1n) is 9.71. The quantitative estimate of drug-likeness (QED) is 0.274. The molecule has 0 aliphatic heterocycles. The predicted molar refractivity (Wildman–Crippen MR) is 124 cm³/mol. The summed E-state index contributed by atoms with van der Waals surface area (Å²) in [6, 6.07) is 17.0. The van der Waals surface area contributed by atoms with E-state index in [0.29, 0.717) is 22.7 Å². The van der Waals surface area contributed by atoms with Crippen LogP contribution in [0.1, 0.15) is 5.56 Å². The number of fused-ring (bicyclic) bond motifs is 1. The number of para-hydroxylation sites is 2. The number of aryl methyl sites for hydroxylation is 1. The molecule has 8 heteroatoms. The van der Waals surface area contributed by atoms with Gasteiger partial charge in [-0.1, -0.05) is 54.2 Å². The van der Waals surface area contributed by atoms with E-state index in [2.05, 4.69) is 21.8 Å². The number of anilines is 1. The lowest BCUT2D eigenvalue weighted by Gasteiger charge is -2.21. The molecule has 2 aromatic carbocycles. The van der Waals surface area contributed by atoms with Crippen LogP contribution in [-0.4, -0.2) is 38.0 Å². The van der Waals surface area contributed by atoms with E-state index < -0.39 is 0 Å². The van der Waals surface area contributed by atoms with Gasteiger partial charge in [0.2, 0.25) is 5.91 Å². The zero-order valence-corrected chi connectivity index (χ0v) is 17.8. The van der Waals surface area contributed by atoms with E-state index in [1.165, 1.54) is 18.0 Å². The number of hydrogen-bond donors (Lipinski definition) is 1. The minimum atomic E-state index is -0.228. The standard InChI is InChI=1S/C23H21N5O2S/c1-3-13-27(17-10-5-4-6-11-17)20(29)15-31-23-25-21-18(14-24-26-21)22(30)28(23)19-12-8-7-9-16(19)2/h3-12,14H,1,13,15H2,2H3,(H,24,26). The summed E-state index contributed by atoms with van der Waals surface area (Å²) in [6.45, 7) is 6.08. The molecule has 0 spiro atoms. The molecule has 156 valence electrons. The van der Waals surface area contributed by atoms with Gasteiger partial charge in [-0.2, -0.15) is 5.10 Å². The maximum absolute atomic E-state index is 13.2. The molecule has 2 aromatic heterocycles. The van der Waals surface area contributed by atoms with Gasteiger partial charge in [-0.3, -0.25) is 19.3 Å². The summed E-state index contributed by atoms with van der Waals surface area (Å²) in [5.74, 6) is 0.00661. The fourth-order valence-corrected chi connectivity index (χ4v) is 4.16. The molecule has 0 atom stereocenters. The molecule has 1 N–H and O–H groups in total. The van der Waals surface area contributed by atoms with Crippen LogP contribution >= 0.6 is 11.8 Å². The Bertz CT molecular complexity index is 1300. The van der Waals surface area contributed by atoms with Gasteiger partial charge in [0.15, 0.2) is 10.8 Å². The molecule has 4 rings (SSSR count). The number of H-pyrrole nitrogens is 1. The van der Waals surface area contributed by atoms with Crippen molar-refractivity contribution in [2.24, 2.45) is 0 Å². The van der Waals surface area contributed by atoms with E-state index in [1.807, 2.05) is 61.5 Å². The third kappa shape index (κ3) is 4.15. The van der Waals surface area contributed by atoms with Crippen molar-refractivity contribution in [1.29, 1.82) is 0 Å². The fraction of sp³-hybridized carbons (Fsp3) is 0.130. The minimum absolute atomic E-state index is 0.105. The average Bonchev–Trinajstić information content (AvgIpc) is 3.26. The second kappa shape index (κ2) is 9.01. The van der Waals surface area contributed by atoms with Crippen molar-refractivity contribution in [1.82, 2.24) is 19.7 Å². The highest BCUT2D eigenvalue weighted by Crippen LogP contribution is 2.24. The molecule has 0 fully saturated rings. The van der Waals surface area contributed by atoms with Gasteiger partial charge in [0.1, 0.15) is 5.39 Å². The smallest absolute Gasteiger partial charge is 0.269 e. The zero-order chi connectivity index (χ0) is 21.8. The molecule has 1 amide bonds. The molecule has 0 aliphatic rings. The van der Waals surface area contributed by atoms with Crippen molar-refractivity contribution < 1.29 is 4.79 Å². The summed E-state index contributed by atoms with van der Waals surface area (Å²) in [5, 5.41) is 7.53. The molecule has 0 radical (unpaired) electrons. The number of aromatic nitrogens is 4. The van der Waals surface area contributed by atoms with E-state index in [1.54, 1.807) is 15.5 Å². The summed E-state index contributed by atoms with van der Waals surface area (Å²) in [7, 11) is 0. The maximum Gasteiger partial charge on any atom is 0.269 e. The van der Waals surface area contributed by atoms with E-state index in [0.717, 1.165) is 16.9 Å². The van der Waals surface area contributed by atoms with Crippen LogP contribution in [0, 0.1) is 6.92 Å². The van der Waals surface area contributed by atoms with Crippen molar-refractivity contribution >= 4 is 34.4 Å². The van der Waals surface area contributed by atoms with Crippen LogP contribution in [0.5, 0.6) is 0 Å². The number of amides is 1. The van der Waals surface area contributed by atoms with Gasteiger partial charge in [-0.25, -0.2) is 4.98 Å². The van der Waals surface area contributed by atoms with Crippen LogP contribution in [0.3, 0.4) is 0 Å². The SMILES string of the molecule is C=CCN(C(=O)CSc1nc2[nH]ncc2c(=O)n1-c1ccccc1C)c1ccccc1. The van der Waals surface area contributed by atoms with Gasteiger partial charge in [-0.15, -0.1) is 6.58 Å². The van der Waals surface area contributed by atoms with Gasteiger partial charge >= 0.3 is 0 Å². The Morgan fingerprint density at radius 3 is 2.68 bits per heavy atom. The summed E-state index contributed by atoms with van der Waals surface area (Å²) < 4.78 is 1.55. The highest BCUT2D eigenvalue weighted by atomic mass is 32.2. The Balaban J connectivity index is 1.70. The van der Waals surface area contributed by atoms with Crippen LogP contribution in [0.2, 0.25) is 0 Å². The molecular weight excluding hydrogens is 410 g/mol. The van der Waals surface area contributed by atoms with E-state index >= 15 is 0 Å². The Morgan fingerprint density at radius 1 is 1.19 bits per heavy atom. The van der Waals surface area contributed by atoms with Gasteiger partial charge in [-0.05, 0) is 30.7 Å². The molecule has 31 heavy (non-hydrogen) atoms. The van der Waals surface area contributed by atoms with Crippen molar-refractivity contribution in [2.45, 2.75) is 12.1 Å². The summed E-state index contributed by atoms with van der Waals surface area (Å²) in [4.78, 5) is 32.5.